The summed E-state index contributed by atoms with van der Waals surface area (Å²) in [5, 5.41) is 13.1. The van der Waals surface area contributed by atoms with Gasteiger partial charge in [0, 0.05) is 12.1 Å². The van der Waals surface area contributed by atoms with E-state index in [9.17, 15) is 24.5 Å². The van der Waals surface area contributed by atoms with E-state index < -0.39 is 28.2 Å². The van der Waals surface area contributed by atoms with Gasteiger partial charge >= 0.3 is 5.97 Å². The third-order valence-electron chi connectivity index (χ3n) is 5.41. The van der Waals surface area contributed by atoms with E-state index >= 15 is 0 Å². The molecule has 0 saturated carbocycles. The molecule has 2 aliphatic rings. The fraction of sp³-hybridized carbons (Fsp3) is 0.261. The van der Waals surface area contributed by atoms with Crippen molar-refractivity contribution in [2.24, 2.45) is 0 Å². The van der Waals surface area contributed by atoms with Gasteiger partial charge in [-0.2, -0.15) is 0 Å². The number of hydrogen-bond acceptors (Lipinski definition) is 8. The topological polar surface area (TPSA) is 128 Å². The Labute approximate surface area is 199 Å². The Bertz CT molecular complexity index is 1150. The van der Waals surface area contributed by atoms with Gasteiger partial charge in [-0.3, -0.25) is 24.6 Å². The van der Waals surface area contributed by atoms with Crippen LogP contribution in [0.5, 0.6) is 0 Å². The van der Waals surface area contributed by atoms with Crippen molar-refractivity contribution in [3.05, 3.63) is 87.3 Å². The lowest BCUT2D eigenvalue weighted by Gasteiger charge is -2.49. The first-order chi connectivity index (χ1) is 16.4. The minimum atomic E-state index is -0.753. The largest absolute Gasteiger partial charge is 0.498 e. The Morgan fingerprint density at radius 3 is 2.50 bits per heavy atom. The number of nitro benzene ring substituents is 1. The Morgan fingerprint density at radius 2 is 1.85 bits per heavy atom. The Balaban J connectivity index is 1.41. The van der Waals surface area contributed by atoms with E-state index in [1.54, 1.807) is 0 Å². The van der Waals surface area contributed by atoms with Crippen molar-refractivity contribution in [2.45, 2.75) is 24.4 Å². The fourth-order valence-corrected chi connectivity index (χ4v) is 4.99. The summed E-state index contributed by atoms with van der Waals surface area (Å²) in [6, 6.07) is 14.0. The van der Waals surface area contributed by atoms with Crippen molar-refractivity contribution in [3.8, 4) is 0 Å². The number of fused-ring (bicyclic) bond motifs is 1. The van der Waals surface area contributed by atoms with Crippen LogP contribution in [0.2, 0.25) is 0 Å². The Kier molecular flexibility index (Phi) is 6.82. The van der Waals surface area contributed by atoms with Gasteiger partial charge in [0.2, 0.25) is 5.91 Å². The van der Waals surface area contributed by atoms with Crippen molar-refractivity contribution in [1.82, 2.24) is 10.2 Å². The molecule has 11 heteroatoms. The molecule has 176 valence electrons. The highest BCUT2D eigenvalue weighted by Crippen LogP contribution is 2.40. The lowest BCUT2D eigenvalue weighted by Crippen LogP contribution is -2.70. The summed E-state index contributed by atoms with van der Waals surface area (Å²) >= 11 is 1.38. The van der Waals surface area contributed by atoms with Gasteiger partial charge in [0.25, 0.3) is 11.6 Å². The number of nitro groups is 1. The number of esters is 1. The summed E-state index contributed by atoms with van der Waals surface area (Å²) in [4.78, 5) is 49.7. The first-order valence-corrected chi connectivity index (χ1v) is 11.4. The van der Waals surface area contributed by atoms with Crippen LogP contribution in [0.1, 0.15) is 11.1 Å². The quantitative estimate of drug-likeness (QED) is 0.262. The van der Waals surface area contributed by atoms with Gasteiger partial charge < -0.3 is 14.8 Å². The second-order valence-corrected chi connectivity index (χ2v) is 8.70. The van der Waals surface area contributed by atoms with Gasteiger partial charge in [-0.25, -0.2) is 4.79 Å². The highest BCUT2D eigenvalue weighted by atomic mass is 32.2. The molecule has 34 heavy (non-hydrogen) atoms. The number of nitrogens with zero attached hydrogens (tertiary/aromatic N) is 2. The number of carbonyl (C=O) groups is 3. The van der Waals surface area contributed by atoms with E-state index in [2.05, 4.69) is 5.32 Å². The molecule has 1 N–H and O–H groups in total. The second-order valence-electron chi connectivity index (χ2n) is 7.59. The minimum Gasteiger partial charge on any atom is -0.498 e. The van der Waals surface area contributed by atoms with Crippen molar-refractivity contribution in [2.75, 3.05) is 12.9 Å². The van der Waals surface area contributed by atoms with Crippen LogP contribution in [0.4, 0.5) is 5.69 Å². The monoisotopic (exact) mass is 483 g/mol. The molecule has 4 rings (SSSR count). The van der Waals surface area contributed by atoms with Crippen molar-refractivity contribution in [3.63, 3.8) is 0 Å². The third kappa shape index (κ3) is 4.74. The van der Waals surface area contributed by atoms with Gasteiger partial charge in [-0.1, -0.05) is 30.3 Å². The molecular formula is C23H21N3O7S. The number of rotatable bonds is 8. The summed E-state index contributed by atoms with van der Waals surface area (Å²) in [6.45, 7) is -0.131. The molecule has 2 atom stereocenters. The Hall–Kier alpha value is -3.86. The molecule has 0 radical (unpaired) electrons. The molecular weight excluding hydrogens is 462 g/mol. The number of hydrogen-bond donors (Lipinski definition) is 1. The van der Waals surface area contributed by atoms with Crippen molar-refractivity contribution in [1.29, 1.82) is 0 Å². The van der Waals surface area contributed by atoms with E-state index in [-0.39, 0.29) is 30.3 Å². The summed E-state index contributed by atoms with van der Waals surface area (Å²) in [6.07, 6.45) is 0.144. The van der Waals surface area contributed by atoms with E-state index in [0.29, 0.717) is 17.1 Å². The zero-order chi connectivity index (χ0) is 24.2. The Morgan fingerprint density at radius 1 is 1.15 bits per heavy atom. The minimum absolute atomic E-state index is 0.00622. The predicted octanol–water partition coefficient (Wildman–Crippen LogP) is 2.14. The molecule has 0 aliphatic carbocycles. The van der Waals surface area contributed by atoms with E-state index in [1.807, 2.05) is 30.3 Å². The number of thioether (sulfide) groups is 1. The molecule has 0 aromatic heterocycles. The lowest BCUT2D eigenvalue weighted by atomic mass is 10.0. The zero-order valence-corrected chi connectivity index (χ0v) is 18.9. The van der Waals surface area contributed by atoms with Crippen LogP contribution in [0, 0.1) is 10.1 Å². The number of amides is 2. The van der Waals surface area contributed by atoms with E-state index in [1.165, 1.54) is 48.0 Å². The average molecular weight is 484 g/mol. The summed E-state index contributed by atoms with van der Waals surface area (Å²) in [7, 11) is 1.41. The number of nitrogens with one attached hydrogen (secondary N) is 1. The van der Waals surface area contributed by atoms with Gasteiger partial charge in [0.1, 0.15) is 23.8 Å². The maximum atomic E-state index is 12.9. The molecule has 2 heterocycles. The lowest BCUT2D eigenvalue weighted by molar-refractivity contribution is -0.384. The molecule has 2 aliphatic heterocycles. The fourth-order valence-electron chi connectivity index (χ4n) is 3.67. The number of methoxy groups -OCH3 is 1. The van der Waals surface area contributed by atoms with E-state index in [4.69, 9.17) is 9.47 Å². The zero-order valence-electron chi connectivity index (χ0n) is 18.1. The van der Waals surface area contributed by atoms with Crippen LogP contribution >= 0.6 is 11.8 Å². The standard InChI is InChI=1S/C23H21N3O7S/c1-32-17-13-34-22-19(24-18(27)11-14-5-3-2-4-6-14)21(28)25(22)20(17)23(29)33-12-15-7-9-16(10-8-15)26(30)31/h2-10,19,22H,11-13H2,1H3,(H,24,27)/t19-,22-/m1/s1. The highest BCUT2D eigenvalue weighted by Gasteiger charge is 2.55. The first-order valence-electron chi connectivity index (χ1n) is 10.3. The smallest absolute Gasteiger partial charge is 0.358 e. The van der Waals surface area contributed by atoms with Crippen LogP contribution in [-0.4, -0.2) is 51.9 Å². The number of ether oxygens (including phenoxy) is 2. The molecule has 2 amide bonds. The van der Waals surface area contributed by atoms with Crippen LogP contribution in [0.15, 0.2) is 66.1 Å². The predicted molar refractivity (Wildman–Crippen MR) is 122 cm³/mol. The summed E-state index contributed by atoms with van der Waals surface area (Å²) < 4.78 is 10.7. The highest BCUT2D eigenvalue weighted by molar-refractivity contribution is 8.00. The molecule has 0 bridgehead atoms. The number of β-lactam (4-membered cyclic amide) rings is 1. The van der Waals surface area contributed by atoms with Crippen molar-refractivity contribution < 1.29 is 28.8 Å². The second kappa shape index (κ2) is 9.96. The first kappa shape index (κ1) is 23.3. The van der Waals surface area contributed by atoms with Crippen LogP contribution in [-0.2, 0) is 36.9 Å². The number of non-ortho nitro benzene ring substituents is 1. The van der Waals surface area contributed by atoms with Crippen LogP contribution in [0.3, 0.4) is 0 Å². The molecule has 2 aromatic carbocycles. The molecule has 0 spiro atoms. The van der Waals surface area contributed by atoms with Gasteiger partial charge in [-0.05, 0) is 23.3 Å². The van der Waals surface area contributed by atoms with Crippen LogP contribution < -0.4 is 5.32 Å². The SMILES string of the molecule is COC1=C(C(=O)OCc2ccc([N+](=O)[O-])cc2)N2C(=O)[C@@H](NC(=O)Cc3ccccc3)[C@H]2SC1. The number of benzene rings is 2. The van der Waals surface area contributed by atoms with Gasteiger partial charge in [-0.15, -0.1) is 11.8 Å². The van der Waals surface area contributed by atoms with E-state index in [0.717, 1.165) is 5.56 Å². The van der Waals surface area contributed by atoms with Gasteiger partial charge in [0.15, 0.2) is 5.70 Å². The van der Waals surface area contributed by atoms with Crippen molar-refractivity contribution >= 4 is 35.2 Å². The van der Waals surface area contributed by atoms with Gasteiger partial charge in [0.05, 0.1) is 24.2 Å². The average Bonchev–Trinajstić information content (AvgIpc) is 2.85. The normalized spacial score (nSPS) is 19.1. The summed E-state index contributed by atoms with van der Waals surface area (Å²) in [5.41, 5.74) is 1.32. The summed E-state index contributed by atoms with van der Waals surface area (Å²) in [5.74, 6) is -0.817. The molecule has 1 saturated heterocycles. The molecule has 2 aromatic rings. The maximum Gasteiger partial charge on any atom is 0.358 e. The third-order valence-corrected chi connectivity index (χ3v) is 6.67. The molecule has 1 fully saturated rings. The van der Waals surface area contributed by atoms with Crippen LogP contribution in [0.25, 0.3) is 0 Å². The maximum absolute atomic E-state index is 12.9. The number of carbonyl (C=O) groups excluding carboxylic acids is 3. The molecule has 0 unspecified atom stereocenters. The molecule has 10 nitrogen and oxygen atoms in total.